The third-order valence-electron chi connectivity index (χ3n) is 3.76. The quantitative estimate of drug-likeness (QED) is 0.781. The summed E-state index contributed by atoms with van der Waals surface area (Å²) in [5, 5.41) is 0.532. The van der Waals surface area contributed by atoms with E-state index in [1.165, 1.54) is 24.2 Å². The van der Waals surface area contributed by atoms with E-state index >= 15 is 0 Å². The van der Waals surface area contributed by atoms with Crippen molar-refractivity contribution in [3.63, 3.8) is 0 Å². The van der Waals surface area contributed by atoms with Crippen molar-refractivity contribution in [2.75, 3.05) is 0 Å². The van der Waals surface area contributed by atoms with Gasteiger partial charge >= 0.3 is 0 Å². The molecule has 1 aliphatic carbocycles. The molecule has 3 nitrogen and oxygen atoms in total. The molecule has 1 saturated carbocycles. The molecule has 1 heterocycles. The van der Waals surface area contributed by atoms with Crippen LogP contribution in [0.5, 0.6) is 0 Å². The summed E-state index contributed by atoms with van der Waals surface area (Å²) < 4.78 is 0.921. The van der Waals surface area contributed by atoms with Gasteiger partial charge in [-0.1, -0.05) is 20.8 Å². The lowest BCUT2D eigenvalue weighted by Crippen LogP contribution is -2.19. The number of hydrogen-bond donors (Lipinski definition) is 0. The molecular weight excluding hydrogens is 282 g/mol. The topological polar surface area (TPSA) is 47.0 Å². The molecular formula is C17H19NO2S. The standard InChI is InChI=1S/C17H19NO2S/c1-17(2,3)15(20)16-18-12-7-6-11(9-14(12)21-16)13(19)8-10-4-5-10/h6-7,9-10H,4-5,8H2,1-3H3. The molecule has 2 aromatic rings. The van der Waals surface area contributed by atoms with Gasteiger partial charge in [0.15, 0.2) is 16.6 Å². The van der Waals surface area contributed by atoms with Crippen molar-refractivity contribution in [2.45, 2.75) is 40.0 Å². The summed E-state index contributed by atoms with van der Waals surface area (Å²) in [6.07, 6.45) is 3.01. The van der Waals surface area contributed by atoms with Crippen LogP contribution >= 0.6 is 11.3 Å². The van der Waals surface area contributed by atoms with Gasteiger partial charge in [0.25, 0.3) is 0 Å². The van der Waals surface area contributed by atoms with Gasteiger partial charge in [0.1, 0.15) is 0 Å². The number of aromatic nitrogens is 1. The molecule has 1 aromatic carbocycles. The van der Waals surface area contributed by atoms with E-state index in [2.05, 4.69) is 4.98 Å². The molecule has 1 fully saturated rings. The number of Topliss-reactive ketones (excluding diaryl/α,β-unsaturated/α-hetero) is 2. The number of fused-ring (bicyclic) bond motifs is 1. The Morgan fingerprint density at radius 3 is 2.62 bits per heavy atom. The van der Waals surface area contributed by atoms with Crippen molar-refractivity contribution >= 4 is 33.1 Å². The lowest BCUT2D eigenvalue weighted by molar-refractivity contribution is 0.0858. The van der Waals surface area contributed by atoms with E-state index in [0.29, 0.717) is 17.3 Å². The Labute approximate surface area is 128 Å². The van der Waals surface area contributed by atoms with Gasteiger partial charge in [0, 0.05) is 17.4 Å². The van der Waals surface area contributed by atoms with E-state index in [9.17, 15) is 9.59 Å². The first kappa shape index (κ1) is 14.4. The Bertz CT molecular complexity index is 720. The molecule has 0 N–H and O–H groups in total. The van der Waals surface area contributed by atoms with Gasteiger partial charge in [0.05, 0.1) is 10.2 Å². The average Bonchev–Trinajstić information content (AvgIpc) is 3.12. The first-order valence-electron chi connectivity index (χ1n) is 7.33. The average molecular weight is 301 g/mol. The van der Waals surface area contributed by atoms with Crippen molar-refractivity contribution in [3.8, 4) is 0 Å². The zero-order valence-corrected chi connectivity index (χ0v) is 13.4. The number of benzene rings is 1. The molecule has 0 bridgehead atoms. The van der Waals surface area contributed by atoms with Crippen molar-refractivity contribution in [1.82, 2.24) is 4.98 Å². The molecule has 1 aromatic heterocycles. The molecule has 0 aliphatic heterocycles. The number of thiazole rings is 1. The summed E-state index contributed by atoms with van der Waals surface area (Å²) in [6.45, 7) is 5.68. The maximum atomic E-state index is 12.3. The molecule has 0 amide bonds. The predicted molar refractivity (Wildman–Crippen MR) is 85.1 cm³/mol. The summed E-state index contributed by atoms with van der Waals surface area (Å²) in [6, 6.07) is 5.57. The molecule has 21 heavy (non-hydrogen) atoms. The van der Waals surface area contributed by atoms with Crippen LogP contribution in [0.25, 0.3) is 10.2 Å². The Balaban J connectivity index is 1.91. The van der Waals surface area contributed by atoms with Gasteiger partial charge in [-0.25, -0.2) is 4.98 Å². The first-order chi connectivity index (χ1) is 9.84. The summed E-state index contributed by atoms with van der Waals surface area (Å²) in [5.41, 5.74) is 1.11. The van der Waals surface area contributed by atoms with E-state index in [0.717, 1.165) is 15.8 Å². The lowest BCUT2D eigenvalue weighted by atomic mass is 9.91. The maximum Gasteiger partial charge on any atom is 0.196 e. The number of hydrogen-bond acceptors (Lipinski definition) is 4. The Morgan fingerprint density at radius 2 is 2.00 bits per heavy atom. The maximum absolute atomic E-state index is 12.3. The van der Waals surface area contributed by atoms with Gasteiger partial charge in [-0.2, -0.15) is 0 Å². The van der Waals surface area contributed by atoms with E-state index in [1.54, 1.807) is 0 Å². The summed E-state index contributed by atoms with van der Waals surface area (Å²) in [7, 11) is 0. The van der Waals surface area contributed by atoms with Crippen molar-refractivity contribution in [1.29, 1.82) is 0 Å². The molecule has 110 valence electrons. The SMILES string of the molecule is CC(C)(C)C(=O)c1nc2ccc(C(=O)CC3CC3)cc2s1. The fourth-order valence-corrected chi connectivity index (χ4v) is 3.37. The van der Waals surface area contributed by atoms with Crippen LogP contribution in [0, 0.1) is 11.3 Å². The zero-order chi connectivity index (χ0) is 15.2. The zero-order valence-electron chi connectivity index (χ0n) is 12.6. The van der Waals surface area contributed by atoms with Crippen LogP contribution in [0.1, 0.15) is 60.2 Å². The molecule has 0 spiro atoms. The number of carbonyl (C=O) groups excluding carboxylic acids is 2. The summed E-state index contributed by atoms with van der Waals surface area (Å²) in [5.74, 6) is 0.846. The minimum Gasteiger partial charge on any atom is -0.294 e. The predicted octanol–water partition coefficient (Wildman–Crippen LogP) is 4.51. The highest BCUT2D eigenvalue weighted by Gasteiger charge is 2.27. The highest BCUT2D eigenvalue weighted by molar-refractivity contribution is 7.20. The second kappa shape index (κ2) is 5.02. The van der Waals surface area contributed by atoms with Crippen LogP contribution in [0.4, 0.5) is 0 Å². The van der Waals surface area contributed by atoms with Gasteiger partial charge in [-0.05, 0) is 37.0 Å². The van der Waals surface area contributed by atoms with E-state index in [1.807, 2.05) is 39.0 Å². The molecule has 1 aliphatic rings. The third kappa shape index (κ3) is 3.05. The van der Waals surface area contributed by atoms with E-state index in [-0.39, 0.29) is 11.6 Å². The van der Waals surface area contributed by atoms with Gasteiger partial charge in [-0.15, -0.1) is 11.3 Å². The smallest absolute Gasteiger partial charge is 0.196 e. The van der Waals surface area contributed by atoms with Crippen LogP contribution in [0.15, 0.2) is 18.2 Å². The van der Waals surface area contributed by atoms with Crippen LogP contribution in [0.2, 0.25) is 0 Å². The van der Waals surface area contributed by atoms with Crippen molar-refractivity contribution in [2.24, 2.45) is 11.3 Å². The van der Waals surface area contributed by atoms with Crippen LogP contribution < -0.4 is 0 Å². The molecule has 0 atom stereocenters. The fourth-order valence-electron chi connectivity index (χ4n) is 2.22. The number of carbonyl (C=O) groups is 2. The van der Waals surface area contributed by atoms with Gasteiger partial charge < -0.3 is 0 Å². The highest BCUT2D eigenvalue weighted by atomic mass is 32.1. The molecule has 0 radical (unpaired) electrons. The van der Waals surface area contributed by atoms with Crippen LogP contribution in [-0.4, -0.2) is 16.6 Å². The van der Waals surface area contributed by atoms with Gasteiger partial charge in [-0.3, -0.25) is 9.59 Å². The summed E-state index contributed by atoms with van der Waals surface area (Å²) >= 11 is 1.39. The first-order valence-corrected chi connectivity index (χ1v) is 8.15. The number of ketones is 2. The Morgan fingerprint density at radius 1 is 1.29 bits per heavy atom. The number of rotatable bonds is 4. The monoisotopic (exact) mass is 301 g/mol. The highest BCUT2D eigenvalue weighted by Crippen LogP contribution is 2.34. The van der Waals surface area contributed by atoms with E-state index in [4.69, 9.17) is 0 Å². The minimum absolute atomic E-state index is 0.0505. The molecule has 4 heteroatoms. The normalized spacial score (nSPS) is 15.4. The largest absolute Gasteiger partial charge is 0.294 e. The minimum atomic E-state index is -0.432. The second-order valence-electron chi connectivity index (χ2n) is 6.85. The molecule has 0 saturated heterocycles. The third-order valence-corrected chi connectivity index (χ3v) is 4.77. The Hall–Kier alpha value is -1.55. The van der Waals surface area contributed by atoms with Crippen molar-refractivity contribution < 1.29 is 9.59 Å². The summed E-state index contributed by atoms with van der Waals surface area (Å²) in [4.78, 5) is 28.9. The van der Waals surface area contributed by atoms with Gasteiger partial charge in [0.2, 0.25) is 0 Å². The molecule has 0 unspecified atom stereocenters. The van der Waals surface area contributed by atoms with Crippen LogP contribution in [0.3, 0.4) is 0 Å². The van der Waals surface area contributed by atoms with Crippen molar-refractivity contribution in [3.05, 3.63) is 28.8 Å². The Kier molecular flexibility index (Phi) is 3.44. The fraction of sp³-hybridized carbons (Fsp3) is 0.471. The second-order valence-corrected chi connectivity index (χ2v) is 7.88. The van der Waals surface area contributed by atoms with Crippen LogP contribution in [-0.2, 0) is 0 Å². The lowest BCUT2D eigenvalue weighted by Gasteiger charge is -2.13. The van der Waals surface area contributed by atoms with E-state index < -0.39 is 5.41 Å². The molecule has 3 rings (SSSR count). The number of nitrogens with zero attached hydrogens (tertiary/aromatic N) is 1.